The van der Waals surface area contributed by atoms with Crippen LogP contribution in [0.15, 0.2) is 77.5 Å². The van der Waals surface area contributed by atoms with Crippen LogP contribution in [0, 0.1) is 5.92 Å². The number of benzene rings is 2. The number of hydrogen-bond donors (Lipinski definition) is 1. The van der Waals surface area contributed by atoms with Crippen LogP contribution < -0.4 is 10.2 Å². The fourth-order valence-electron chi connectivity index (χ4n) is 6.02. The first-order valence-corrected chi connectivity index (χ1v) is 14.2. The third-order valence-electron chi connectivity index (χ3n) is 8.24. The molecule has 9 heteroatoms. The monoisotopic (exact) mass is 562 g/mol. The molecule has 2 aliphatic heterocycles. The standard InChI is InChI=1S/C32H33F3N4O2/c33-32(34,35)26-4-6-28(7-5-26)39-14-9-22(10-15-39)16-23-3-8-29-25(17-23)18-30(41-29)31(40)37-27-11-13-38(21-27)20-24-2-1-12-36-19-24/h1-8,12,17-19,22,27H,9-11,13-16,20-21H2,(H,37,40)/t27-/m1/s1. The number of hydrogen-bond acceptors (Lipinski definition) is 5. The molecule has 1 N–H and O–H groups in total. The largest absolute Gasteiger partial charge is 0.451 e. The zero-order valence-electron chi connectivity index (χ0n) is 22.7. The van der Waals surface area contributed by atoms with Gasteiger partial charge in [0.1, 0.15) is 5.58 Å². The lowest BCUT2D eigenvalue weighted by molar-refractivity contribution is -0.137. The Labute approximate surface area is 237 Å². The van der Waals surface area contributed by atoms with Gasteiger partial charge >= 0.3 is 6.18 Å². The molecule has 1 amide bonds. The van der Waals surface area contributed by atoms with Crippen molar-refractivity contribution in [1.82, 2.24) is 15.2 Å². The Bertz CT molecular complexity index is 1480. The van der Waals surface area contributed by atoms with Crippen molar-refractivity contribution in [3.8, 4) is 0 Å². The summed E-state index contributed by atoms with van der Waals surface area (Å²) in [4.78, 5) is 21.6. The lowest BCUT2D eigenvalue weighted by Crippen LogP contribution is -2.36. The number of fused-ring (bicyclic) bond motifs is 1. The van der Waals surface area contributed by atoms with Gasteiger partial charge in [0.2, 0.25) is 0 Å². The highest BCUT2D eigenvalue weighted by Crippen LogP contribution is 2.32. The van der Waals surface area contributed by atoms with Crippen molar-refractivity contribution in [2.45, 2.75) is 44.4 Å². The third kappa shape index (κ3) is 6.56. The maximum Gasteiger partial charge on any atom is 0.416 e. The van der Waals surface area contributed by atoms with Crippen LogP contribution in [0.3, 0.4) is 0 Å². The number of likely N-dealkylation sites (tertiary alicyclic amines) is 1. The quantitative estimate of drug-likeness (QED) is 0.286. The molecule has 4 heterocycles. The van der Waals surface area contributed by atoms with Crippen LogP contribution in [0.2, 0.25) is 0 Å². The van der Waals surface area contributed by atoms with E-state index in [0.29, 0.717) is 17.3 Å². The SMILES string of the molecule is O=C(N[C@@H]1CCN(Cc2cccnc2)C1)c1cc2cc(CC3CCN(c4ccc(C(F)(F)F)cc4)CC3)ccc2o1. The molecule has 6 nitrogen and oxygen atoms in total. The second kappa shape index (κ2) is 11.6. The van der Waals surface area contributed by atoms with Crippen LogP contribution in [0.25, 0.3) is 11.0 Å². The molecule has 0 radical (unpaired) electrons. The molecule has 1 atom stereocenters. The minimum Gasteiger partial charge on any atom is -0.451 e. The summed E-state index contributed by atoms with van der Waals surface area (Å²) in [7, 11) is 0. The van der Waals surface area contributed by atoms with E-state index in [4.69, 9.17) is 4.42 Å². The zero-order valence-corrected chi connectivity index (χ0v) is 22.7. The Kier molecular flexibility index (Phi) is 7.71. The van der Waals surface area contributed by atoms with Crippen molar-refractivity contribution in [3.63, 3.8) is 0 Å². The number of alkyl halides is 3. The molecule has 0 aliphatic carbocycles. The number of rotatable bonds is 7. The van der Waals surface area contributed by atoms with Crippen molar-refractivity contribution in [2.75, 3.05) is 31.1 Å². The minimum absolute atomic E-state index is 0.0800. The molecular weight excluding hydrogens is 529 g/mol. The Morgan fingerprint density at radius 1 is 0.976 bits per heavy atom. The molecule has 214 valence electrons. The van der Waals surface area contributed by atoms with E-state index in [0.717, 1.165) is 87.2 Å². The van der Waals surface area contributed by atoms with E-state index in [-0.39, 0.29) is 11.9 Å². The summed E-state index contributed by atoms with van der Waals surface area (Å²) < 4.78 is 44.5. The van der Waals surface area contributed by atoms with E-state index in [2.05, 4.69) is 38.3 Å². The summed E-state index contributed by atoms with van der Waals surface area (Å²) in [5, 5.41) is 4.05. The van der Waals surface area contributed by atoms with Gasteiger partial charge in [0.25, 0.3) is 5.91 Å². The average Bonchev–Trinajstić information content (AvgIpc) is 3.60. The second-order valence-corrected chi connectivity index (χ2v) is 11.2. The van der Waals surface area contributed by atoms with E-state index in [1.165, 1.54) is 5.56 Å². The van der Waals surface area contributed by atoms with Gasteiger partial charge in [-0.15, -0.1) is 0 Å². The van der Waals surface area contributed by atoms with Gasteiger partial charge in [-0.2, -0.15) is 13.2 Å². The summed E-state index contributed by atoms with van der Waals surface area (Å²) in [6.45, 7) is 4.17. The molecule has 2 fully saturated rings. The topological polar surface area (TPSA) is 61.6 Å². The van der Waals surface area contributed by atoms with Gasteiger partial charge in [0, 0.05) is 62.2 Å². The number of furan rings is 1. The maximum absolute atomic E-state index is 13.0. The van der Waals surface area contributed by atoms with Gasteiger partial charge in [0.15, 0.2) is 5.76 Å². The molecule has 2 saturated heterocycles. The number of carbonyl (C=O) groups is 1. The molecule has 41 heavy (non-hydrogen) atoms. The molecular formula is C32H33F3N4O2. The summed E-state index contributed by atoms with van der Waals surface area (Å²) in [5.41, 5.74) is 3.27. The maximum atomic E-state index is 13.0. The molecule has 4 aromatic rings. The fourth-order valence-corrected chi connectivity index (χ4v) is 6.02. The number of nitrogens with one attached hydrogen (secondary N) is 1. The van der Waals surface area contributed by atoms with Crippen molar-refractivity contribution in [2.24, 2.45) is 5.92 Å². The lowest BCUT2D eigenvalue weighted by Gasteiger charge is -2.34. The van der Waals surface area contributed by atoms with Crippen LogP contribution in [0.5, 0.6) is 0 Å². The number of halogens is 3. The highest BCUT2D eigenvalue weighted by molar-refractivity contribution is 5.96. The Balaban J connectivity index is 1.01. The van der Waals surface area contributed by atoms with Gasteiger partial charge in [-0.1, -0.05) is 12.1 Å². The van der Waals surface area contributed by atoms with Gasteiger partial charge in [-0.3, -0.25) is 14.7 Å². The number of amides is 1. The first-order valence-electron chi connectivity index (χ1n) is 14.2. The van der Waals surface area contributed by atoms with E-state index in [1.807, 2.05) is 24.4 Å². The van der Waals surface area contributed by atoms with Crippen molar-refractivity contribution in [1.29, 1.82) is 0 Å². The number of carbonyl (C=O) groups excluding carboxylic acids is 1. The molecule has 2 aliphatic rings. The first kappa shape index (κ1) is 27.3. The molecule has 2 aromatic heterocycles. The molecule has 0 spiro atoms. The zero-order chi connectivity index (χ0) is 28.4. The number of aromatic nitrogens is 1. The predicted octanol–water partition coefficient (Wildman–Crippen LogP) is 6.31. The summed E-state index contributed by atoms with van der Waals surface area (Å²) in [6.07, 6.45) is 3.08. The smallest absolute Gasteiger partial charge is 0.416 e. The van der Waals surface area contributed by atoms with E-state index in [1.54, 1.807) is 18.3 Å². The van der Waals surface area contributed by atoms with Gasteiger partial charge in [0.05, 0.1) is 5.56 Å². The minimum atomic E-state index is -4.31. The van der Waals surface area contributed by atoms with Gasteiger partial charge in [-0.25, -0.2) is 0 Å². The lowest BCUT2D eigenvalue weighted by atomic mass is 9.89. The second-order valence-electron chi connectivity index (χ2n) is 11.2. The molecule has 2 aromatic carbocycles. The summed E-state index contributed by atoms with van der Waals surface area (Å²) in [5.74, 6) is 0.629. The average molecular weight is 563 g/mol. The number of anilines is 1. The highest BCUT2D eigenvalue weighted by Gasteiger charge is 2.30. The molecule has 6 rings (SSSR count). The van der Waals surface area contributed by atoms with E-state index in [9.17, 15) is 18.0 Å². The molecule has 0 bridgehead atoms. The van der Waals surface area contributed by atoms with E-state index < -0.39 is 11.7 Å². The van der Waals surface area contributed by atoms with Crippen LogP contribution in [0.1, 0.15) is 46.5 Å². The summed E-state index contributed by atoms with van der Waals surface area (Å²) >= 11 is 0. The normalized spacial score (nSPS) is 18.7. The van der Waals surface area contributed by atoms with Gasteiger partial charge < -0.3 is 14.6 Å². The van der Waals surface area contributed by atoms with Gasteiger partial charge in [-0.05, 0) is 91.3 Å². The fraction of sp³-hybridized carbons (Fsp3) is 0.375. The van der Waals surface area contributed by atoms with Crippen molar-refractivity contribution < 1.29 is 22.4 Å². The number of nitrogens with zero attached hydrogens (tertiary/aromatic N) is 3. The van der Waals surface area contributed by atoms with Crippen molar-refractivity contribution >= 4 is 22.6 Å². The Morgan fingerprint density at radius 3 is 2.51 bits per heavy atom. The van der Waals surface area contributed by atoms with Crippen LogP contribution in [-0.2, 0) is 19.1 Å². The Morgan fingerprint density at radius 2 is 1.78 bits per heavy atom. The number of piperidine rings is 1. The van der Waals surface area contributed by atoms with Crippen LogP contribution >= 0.6 is 0 Å². The Hall–Kier alpha value is -3.85. The molecule has 0 saturated carbocycles. The van der Waals surface area contributed by atoms with E-state index >= 15 is 0 Å². The summed E-state index contributed by atoms with van der Waals surface area (Å²) in [6, 6.07) is 17.4. The highest BCUT2D eigenvalue weighted by atomic mass is 19.4. The van der Waals surface area contributed by atoms with Crippen molar-refractivity contribution in [3.05, 3.63) is 95.5 Å². The number of pyridine rings is 1. The predicted molar refractivity (Wildman–Crippen MR) is 152 cm³/mol. The third-order valence-corrected chi connectivity index (χ3v) is 8.24. The van der Waals surface area contributed by atoms with Crippen LogP contribution in [-0.4, -0.2) is 48.0 Å². The first-order chi connectivity index (χ1) is 19.8. The van der Waals surface area contributed by atoms with Crippen LogP contribution in [0.4, 0.5) is 18.9 Å². The molecule has 0 unspecified atom stereocenters.